The zero-order chi connectivity index (χ0) is 31.6. The summed E-state index contributed by atoms with van der Waals surface area (Å²) in [6, 6.07) is 20.6. The Bertz CT molecular complexity index is 1600. The lowest BCUT2D eigenvalue weighted by Crippen LogP contribution is -2.49. The number of hydrogen-bond donors (Lipinski definition) is 5. The summed E-state index contributed by atoms with van der Waals surface area (Å²) in [5, 5.41) is 11.5. The van der Waals surface area contributed by atoms with Crippen molar-refractivity contribution in [3.05, 3.63) is 94.8 Å². The molecule has 0 radical (unpaired) electrons. The van der Waals surface area contributed by atoms with E-state index in [0.29, 0.717) is 41.0 Å². The zero-order valence-corrected chi connectivity index (χ0v) is 26.2. The van der Waals surface area contributed by atoms with Crippen LogP contribution in [0.5, 0.6) is 0 Å². The molecule has 0 unspecified atom stereocenters. The van der Waals surface area contributed by atoms with Crippen molar-refractivity contribution in [1.82, 2.24) is 20.4 Å². The lowest BCUT2D eigenvalue weighted by atomic mass is 9.89. The van der Waals surface area contributed by atoms with Gasteiger partial charge < -0.3 is 21.7 Å². The Balaban J connectivity index is 1.24. The maximum absolute atomic E-state index is 13.3. The van der Waals surface area contributed by atoms with Crippen LogP contribution in [0.2, 0.25) is 5.02 Å². The summed E-state index contributed by atoms with van der Waals surface area (Å²) in [5.74, 6) is 1.20. The zero-order valence-electron chi connectivity index (χ0n) is 24.6. The van der Waals surface area contributed by atoms with Crippen LogP contribution < -0.4 is 32.1 Å². The molecule has 5 rings (SSSR count). The average Bonchev–Trinajstić information content (AvgIpc) is 3.04. The normalized spacial score (nSPS) is 13.1. The topological polar surface area (TPSA) is 133 Å². The highest BCUT2D eigenvalue weighted by Crippen LogP contribution is 2.25. The van der Waals surface area contributed by atoms with E-state index in [4.69, 9.17) is 29.6 Å². The van der Waals surface area contributed by atoms with Crippen molar-refractivity contribution in [3.8, 4) is 0 Å². The molecule has 3 aromatic carbocycles. The fraction of sp³-hybridized carbons (Fsp3) is 0.281. The van der Waals surface area contributed by atoms with Crippen molar-refractivity contribution >= 4 is 64.1 Å². The number of carbonyl (C=O) groups is 1. The summed E-state index contributed by atoms with van der Waals surface area (Å²) in [6.07, 6.45) is 6.26. The Labute approximate surface area is 272 Å². The van der Waals surface area contributed by atoms with E-state index in [2.05, 4.69) is 36.3 Å². The number of benzene rings is 3. The number of aromatic nitrogens is 3. The number of nitrogens with zero attached hydrogens (tertiary/aromatic N) is 4. The van der Waals surface area contributed by atoms with Gasteiger partial charge in [-0.25, -0.2) is 9.40 Å². The van der Waals surface area contributed by atoms with Gasteiger partial charge in [-0.15, -0.1) is 0 Å². The van der Waals surface area contributed by atoms with Crippen LogP contribution in [-0.4, -0.2) is 32.5 Å². The van der Waals surface area contributed by atoms with E-state index in [1.54, 1.807) is 36.4 Å². The van der Waals surface area contributed by atoms with Gasteiger partial charge in [0.2, 0.25) is 23.8 Å². The second kappa shape index (κ2) is 15.4. The predicted octanol–water partition coefficient (Wildman–Crippen LogP) is 6.34. The Kier molecular flexibility index (Phi) is 10.9. The van der Waals surface area contributed by atoms with Gasteiger partial charge in [0, 0.05) is 18.8 Å². The highest BCUT2D eigenvalue weighted by Gasteiger charge is 2.17. The Morgan fingerprint density at radius 3 is 2.22 bits per heavy atom. The van der Waals surface area contributed by atoms with E-state index in [-0.39, 0.29) is 23.3 Å². The molecule has 45 heavy (non-hydrogen) atoms. The maximum Gasteiger partial charge on any atom is 0.243 e. The molecule has 0 spiro atoms. The lowest BCUT2D eigenvalue weighted by molar-refractivity contribution is -0.120. The smallest absolute Gasteiger partial charge is 0.243 e. The Hall–Kier alpha value is -4.55. The number of hydrogen-bond acceptors (Lipinski definition) is 8. The molecule has 1 aromatic heterocycles. The average molecular weight is 648 g/mol. The van der Waals surface area contributed by atoms with Crippen LogP contribution in [-0.2, 0) is 17.8 Å². The number of rotatable bonds is 11. The SMILES string of the molecule is NC(=S)N(NC(=O)Cc1ccc(Nc2nc(NCc3ccc(F)cc3)nc(NCC3CCCCC3)n2)cc1)c1ccccc1Cl. The van der Waals surface area contributed by atoms with Gasteiger partial charge in [-0.1, -0.05) is 67.3 Å². The highest BCUT2D eigenvalue weighted by atomic mass is 35.5. The quantitative estimate of drug-likeness (QED) is 0.0928. The third-order valence-corrected chi connectivity index (χ3v) is 7.90. The predicted molar refractivity (Wildman–Crippen MR) is 181 cm³/mol. The van der Waals surface area contributed by atoms with Crippen LogP contribution >= 0.6 is 23.8 Å². The third-order valence-electron chi connectivity index (χ3n) is 7.40. The first-order valence-corrected chi connectivity index (χ1v) is 15.6. The molecule has 0 saturated heterocycles. The molecule has 234 valence electrons. The van der Waals surface area contributed by atoms with Crippen molar-refractivity contribution in [2.45, 2.75) is 45.1 Å². The minimum atomic E-state index is -0.313. The van der Waals surface area contributed by atoms with Gasteiger partial charge in [0.05, 0.1) is 17.1 Å². The fourth-order valence-electron chi connectivity index (χ4n) is 5.05. The number of para-hydroxylation sites is 1. The van der Waals surface area contributed by atoms with Crippen LogP contribution in [0, 0.1) is 11.7 Å². The number of hydrazine groups is 1. The molecule has 0 bridgehead atoms. The van der Waals surface area contributed by atoms with Crippen LogP contribution in [0.25, 0.3) is 0 Å². The summed E-state index contributed by atoms with van der Waals surface area (Å²) >= 11 is 11.4. The summed E-state index contributed by atoms with van der Waals surface area (Å²) in [4.78, 5) is 26.5. The number of halogens is 2. The largest absolute Gasteiger partial charge is 0.374 e. The monoisotopic (exact) mass is 647 g/mol. The van der Waals surface area contributed by atoms with E-state index in [9.17, 15) is 9.18 Å². The molecule has 0 aliphatic heterocycles. The Morgan fingerprint density at radius 2 is 1.53 bits per heavy atom. The standard InChI is InChI=1S/C32H35ClFN9OS/c33-26-8-4-5-9-27(26)43(29(35)45)42-28(44)18-21-12-16-25(17-13-21)38-32-40-30(36-19-22-6-2-1-3-7-22)39-31(41-32)37-20-23-10-14-24(34)15-11-23/h4-5,8-17,22H,1-3,6-7,18-20H2,(H2,35,45)(H,42,44)(H3,36,37,38,39,40,41). The lowest BCUT2D eigenvalue weighted by Gasteiger charge is -2.24. The molecular formula is C32H35ClFN9OS. The second-order valence-corrected chi connectivity index (χ2v) is 11.7. The second-order valence-electron chi connectivity index (χ2n) is 10.8. The van der Waals surface area contributed by atoms with E-state index < -0.39 is 0 Å². The van der Waals surface area contributed by atoms with Crippen molar-refractivity contribution in [2.75, 3.05) is 27.5 Å². The molecule has 1 aliphatic carbocycles. The van der Waals surface area contributed by atoms with E-state index in [1.165, 1.54) is 49.2 Å². The van der Waals surface area contributed by atoms with Crippen LogP contribution in [0.15, 0.2) is 72.8 Å². The molecule has 6 N–H and O–H groups in total. The fourth-order valence-corrected chi connectivity index (χ4v) is 5.42. The van der Waals surface area contributed by atoms with Gasteiger partial charge >= 0.3 is 0 Å². The van der Waals surface area contributed by atoms with Gasteiger partial charge in [0.1, 0.15) is 5.82 Å². The molecular weight excluding hydrogens is 613 g/mol. The molecule has 1 amide bonds. The van der Waals surface area contributed by atoms with Gasteiger partial charge in [-0.3, -0.25) is 10.2 Å². The molecule has 1 saturated carbocycles. The van der Waals surface area contributed by atoms with Gasteiger partial charge in [-0.05, 0) is 78.5 Å². The summed E-state index contributed by atoms with van der Waals surface area (Å²) in [6.45, 7) is 1.21. The van der Waals surface area contributed by atoms with E-state index in [1.807, 2.05) is 24.3 Å². The van der Waals surface area contributed by atoms with Crippen molar-refractivity contribution < 1.29 is 9.18 Å². The summed E-state index contributed by atoms with van der Waals surface area (Å²) < 4.78 is 13.3. The first-order chi connectivity index (χ1) is 21.8. The third kappa shape index (κ3) is 9.47. The number of anilines is 5. The first kappa shape index (κ1) is 31.9. The summed E-state index contributed by atoms with van der Waals surface area (Å²) in [7, 11) is 0. The molecule has 4 aromatic rings. The minimum Gasteiger partial charge on any atom is -0.374 e. The molecule has 1 aliphatic rings. The molecule has 1 fully saturated rings. The van der Waals surface area contributed by atoms with Gasteiger partial charge in [0.15, 0.2) is 5.11 Å². The number of nitrogens with two attached hydrogens (primary N) is 1. The molecule has 0 atom stereocenters. The number of amides is 1. The van der Waals surface area contributed by atoms with E-state index in [0.717, 1.165) is 23.4 Å². The highest BCUT2D eigenvalue weighted by molar-refractivity contribution is 7.80. The van der Waals surface area contributed by atoms with Crippen LogP contribution in [0.3, 0.4) is 0 Å². The Morgan fingerprint density at radius 1 is 0.889 bits per heavy atom. The molecule has 13 heteroatoms. The van der Waals surface area contributed by atoms with Crippen molar-refractivity contribution in [2.24, 2.45) is 11.7 Å². The van der Waals surface area contributed by atoms with Crippen molar-refractivity contribution in [1.29, 1.82) is 0 Å². The van der Waals surface area contributed by atoms with Crippen molar-refractivity contribution in [3.63, 3.8) is 0 Å². The van der Waals surface area contributed by atoms with Gasteiger partial charge in [0.25, 0.3) is 0 Å². The number of nitrogens with one attached hydrogen (secondary N) is 4. The number of thiocarbonyl (C=S) groups is 1. The minimum absolute atomic E-state index is 0.0347. The molecule has 1 heterocycles. The van der Waals surface area contributed by atoms with Gasteiger partial charge in [-0.2, -0.15) is 15.0 Å². The van der Waals surface area contributed by atoms with E-state index >= 15 is 0 Å². The number of carbonyl (C=O) groups excluding carboxylic acids is 1. The van der Waals surface area contributed by atoms with Crippen LogP contribution in [0.4, 0.5) is 33.6 Å². The first-order valence-electron chi connectivity index (χ1n) is 14.8. The molecule has 10 nitrogen and oxygen atoms in total. The maximum atomic E-state index is 13.3. The summed E-state index contributed by atoms with van der Waals surface area (Å²) in [5.41, 5.74) is 11.4. The van der Waals surface area contributed by atoms with Crippen LogP contribution in [0.1, 0.15) is 43.2 Å².